The number of piperidine rings is 1. The summed E-state index contributed by atoms with van der Waals surface area (Å²) in [4.78, 5) is 4.75. The summed E-state index contributed by atoms with van der Waals surface area (Å²) in [5, 5.41) is 0. The van der Waals surface area contributed by atoms with Crippen molar-refractivity contribution < 1.29 is 0 Å². The van der Waals surface area contributed by atoms with Crippen LogP contribution in [0.5, 0.6) is 0 Å². The number of likely N-dealkylation sites (tertiary alicyclic amines) is 1. The van der Waals surface area contributed by atoms with Gasteiger partial charge in [-0.25, -0.2) is 0 Å². The van der Waals surface area contributed by atoms with Crippen LogP contribution in [0.4, 0.5) is 5.69 Å². The molecule has 1 aromatic carbocycles. The molecule has 0 saturated carbocycles. The normalized spacial score (nSPS) is 24.8. The Morgan fingerprint density at radius 2 is 1.95 bits per heavy atom. The summed E-state index contributed by atoms with van der Waals surface area (Å²) in [6.07, 6.45) is 3.86. The fourth-order valence-corrected chi connectivity index (χ4v) is 3.51. The van der Waals surface area contributed by atoms with E-state index >= 15 is 0 Å². The minimum absolute atomic E-state index is 0.451. The molecule has 3 nitrogen and oxygen atoms in total. The van der Waals surface area contributed by atoms with Crippen LogP contribution in [0, 0.1) is 5.92 Å². The standard InChI is InChI=1S/C18H31N3/c1-5-15-10-11-21(18(12-15)13-19)14(2)16-6-8-17(9-7-16)20(3)4/h6-9,14-15,18H,5,10-13,19H2,1-4H3. The third kappa shape index (κ3) is 3.78. The van der Waals surface area contributed by atoms with Crippen molar-refractivity contribution in [3.05, 3.63) is 29.8 Å². The largest absolute Gasteiger partial charge is 0.378 e. The van der Waals surface area contributed by atoms with Crippen molar-refractivity contribution in [2.75, 3.05) is 32.1 Å². The molecule has 21 heavy (non-hydrogen) atoms. The van der Waals surface area contributed by atoms with Crippen LogP contribution in [0.3, 0.4) is 0 Å². The molecule has 1 fully saturated rings. The number of hydrogen-bond acceptors (Lipinski definition) is 3. The van der Waals surface area contributed by atoms with Gasteiger partial charge in [0.1, 0.15) is 0 Å². The predicted octanol–water partition coefficient (Wildman–Crippen LogP) is 3.26. The van der Waals surface area contributed by atoms with E-state index in [-0.39, 0.29) is 0 Å². The van der Waals surface area contributed by atoms with E-state index in [0.29, 0.717) is 12.1 Å². The molecular weight excluding hydrogens is 258 g/mol. The summed E-state index contributed by atoms with van der Waals surface area (Å²) in [6, 6.07) is 9.93. The van der Waals surface area contributed by atoms with Gasteiger partial charge in [0.05, 0.1) is 0 Å². The highest BCUT2D eigenvalue weighted by Crippen LogP contribution is 2.32. The summed E-state index contributed by atoms with van der Waals surface area (Å²) in [5.41, 5.74) is 8.69. The van der Waals surface area contributed by atoms with Gasteiger partial charge in [-0.2, -0.15) is 0 Å². The first kappa shape index (κ1) is 16.3. The van der Waals surface area contributed by atoms with Crippen LogP contribution in [0.1, 0.15) is 44.7 Å². The van der Waals surface area contributed by atoms with Crippen LogP contribution in [-0.2, 0) is 0 Å². The fourth-order valence-electron chi connectivity index (χ4n) is 3.51. The molecule has 2 N–H and O–H groups in total. The van der Waals surface area contributed by atoms with Crippen LogP contribution in [0.2, 0.25) is 0 Å². The van der Waals surface area contributed by atoms with E-state index in [4.69, 9.17) is 5.73 Å². The number of anilines is 1. The highest BCUT2D eigenvalue weighted by molar-refractivity contribution is 5.46. The van der Waals surface area contributed by atoms with Gasteiger partial charge in [0.25, 0.3) is 0 Å². The minimum Gasteiger partial charge on any atom is -0.378 e. The van der Waals surface area contributed by atoms with Crippen molar-refractivity contribution in [2.45, 2.75) is 45.2 Å². The van der Waals surface area contributed by atoms with Crippen molar-refractivity contribution >= 4 is 5.69 Å². The van der Waals surface area contributed by atoms with Gasteiger partial charge in [0, 0.05) is 38.4 Å². The molecule has 3 atom stereocenters. The van der Waals surface area contributed by atoms with Gasteiger partial charge < -0.3 is 10.6 Å². The number of rotatable bonds is 5. The average molecular weight is 289 g/mol. The monoisotopic (exact) mass is 289 g/mol. The molecule has 1 saturated heterocycles. The zero-order valence-electron chi connectivity index (χ0n) is 14.0. The highest BCUT2D eigenvalue weighted by atomic mass is 15.2. The highest BCUT2D eigenvalue weighted by Gasteiger charge is 2.30. The van der Waals surface area contributed by atoms with Crippen LogP contribution in [0.15, 0.2) is 24.3 Å². The summed E-state index contributed by atoms with van der Waals surface area (Å²) in [7, 11) is 4.16. The third-order valence-corrected chi connectivity index (χ3v) is 5.11. The van der Waals surface area contributed by atoms with E-state index < -0.39 is 0 Å². The second-order valence-electron chi connectivity index (χ2n) is 6.59. The molecule has 0 bridgehead atoms. The molecule has 3 unspecified atom stereocenters. The maximum absolute atomic E-state index is 6.04. The zero-order valence-corrected chi connectivity index (χ0v) is 14.0. The van der Waals surface area contributed by atoms with E-state index in [2.05, 4.69) is 62.0 Å². The maximum atomic E-state index is 6.04. The molecule has 0 aliphatic carbocycles. The lowest BCUT2D eigenvalue weighted by molar-refractivity contribution is 0.0773. The Balaban J connectivity index is 2.09. The summed E-state index contributed by atoms with van der Waals surface area (Å²) in [6.45, 7) is 6.57. The molecule has 0 amide bonds. The Morgan fingerprint density at radius 1 is 1.29 bits per heavy atom. The van der Waals surface area contributed by atoms with Crippen molar-refractivity contribution in [3.8, 4) is 0 Å². The molecule has 1 aliphatic heterocycles. The Morgan fingerprint density at radius 3 is 2.48 bits per heavy atom. The lowest BCUT2D eigenvalue weighted by atomic mass is 9.87. The Hall–Kier alpha value is -1.06. The molecule has 1 heterocycles. The van der Waals surface area contributed by atoms with Gasteiger partial charge >= 0.3 is 0 Å². The lowest BCUT2D eigenvalue weighted by Crippen LogP contribution is -2.47. The second-order valence-corrected chi connectivity index (χ2v) is 6.59. The molecule has 1 aromatic rings. The number of nitrogens with two attached hydrogens (primary N) is 1. The Labute approximate surface area is 130 Å². The molecule has 118 valence electrons. The smallest absolute Gasteiger partial charge is 0.0361 e. The number of nitrogens with zero attached hydrogens (tertiary/aromatic N) is 2. The minimum atomic E-state index is 0.451. The molecule has 1 aliphatic rings. The van der Waals surface area contributed by atoms with Gasteiger partial charge in [0.2, 0.25) is 0 Å². The van der Waals surface area contributed by atoms with Crippen LogP contribution < -0.4 is 10.6 Å². The van der Waals surface area contributed by atoms with Crippen LogP contribution in [0.25, 0.3) is 0 Å². The zero-order chi connectivity index (χ0) is 15.4. The van der Waals surface area contributed by atoms with Crippen LogP contribution in [-0.4, -0.2) is 38.1 Å². The van der Waals surface area contributed by atoms with Crippen molar-refractivity contribution in [1.82, 2.24) is 4.90 Å². The second kappa shape index (κ2) is 7.28. The van der Waals surface area contributed by atoms with E-state index in [1.807, 2.05) is 0 Å². The topological polar surface area (TPSA) is 32.5 Å². The Kier molecular flexibility index (Phi) is 5.65. The Bertz CT molecular complexity index is 427. The summed E-state index contributed by atoms with van der Waals surface area (Å²) >= 11 is 0. The predicted molar refractivity (Wildman–Crippen MR) is 91.7 cm³/mol. The van der Waals surface area contributed by atoms with E-state index in [9.17, 15) is 0 Å². The van der Waals surface area contributed by atoms with Gasteiger partial charge in [-0.3, -0.25) is 4.90 Å². The van der Waals surface area contributed by atoms with Crippen molar-refractivity contribution in [2.24, 2.45) is 11.7 Å². The van der Waals surface area contributed by atoms with E-state index in [1.165, 1.54) is 37.1 Å². The third-order valence-electron chi connectivity index (χ3n) is 5.11. The van der Waals surface area contributed by atoms with Gasteiger partial charge in [-0.1, -0.05) is 25.5 Å². The first-order valence-corrected chi connectivity index (χ1v) is 8.29. The van der Waals surface area contributed by atoms with Crippen LogP contribution >= 0.6 is 0 Å². The van der Waals surface area contributed by atoms with Gasteiger partial charge in [-0.05, 0) is 49.9 Å². The SMILES string of the molecule is CCC1CCN(C(C)c2ccc(N(C)C)cc2)C(CN)C1. The fraction of sp³-hybridized carbons (Fsp3) is 0.667. The van der Waals surface area contributed by atoms with Crippen molar-refractivity contribution in [1.29, 1.82) is 0 Å². The molecule has 0 aromatic heterocycles. The van der Waals surface area contributed by atoms with Gasteiger partial charge in [0.15, 0.2) is 0 Å². The number of hydrogen-bond donors (Lipinski definition) is 1. The molecule has 0 spiro atoms. The molecule has 3 heteroatoms. The quantitative estimate of drug-likeness (QED) is 0.903. The van der Waals surface area contributed by atoms with E-state index in [0.717, 1.165) is 12.5 Å². The molecule has 2 rings (SSSR count). The molecular formula is C18H31N3. The molecule has 0 radical (unpaired) electrons. The van der Waals surface area contributed by atoms with E-state index in [1.54, 1.807) is 0 Å². The summed E-state index contributed by atoms with van der Waals surface area (Å²) < 4.78 is 0. The summed E-state index contributed by atoms with van der Waals surface area (Å²) in [5.74, 6) is 0.859. The number of benzene rings is 1. The van der Waals surface area contributed by atoms with Gasteiger partial charge in [-0.15, -0.1) is 0 Å². The van der Waals surface area contributed by atoms with Crippen molar-refractivity contribution in [3.63, 3.8) is 0 Å². The first-order chi connectivity index (χ1) is 10.1. The lowest BCUT2D eigenvalue weighted by Gasteiger charge is -2.42. The average Bonchev–Trinajstić information content (AvgIpc) is 2.53. The first-order valence-electron chi connectivity index (χ1n) is 8.29. The maximum Gasteiger partial charge on any atom is 0.0361 e.